The average Bonchev–Trinajstić information content (AvgIpc) is 2.55. The third-order valence-corrected chi connectivity index (χ3v) is 3.11. The van der Waals surface area contributed by atoms with Crippen molar-refractivity contribution in [2.24, 2.45) is 0 Å². The van der Waals surface area contributed by atoms with Crippen LogP contribution in [0.5, 0.6) is 5.75 Å². The second-order valence-corrected chi connectivity index (χ2v) is 4.56. The van der Waals surface area contributed by atoms with Crippen molar-refractivity contribution < 1.29 is 14.3 Å². The maximum atomic E-state index is 12.4. The van der Waals surface area contributed by atoms with Gasteiger partial charge in [0.2, 0.25) is 0 Å². The average molecular weight is 298 g/mol. The molecule has 0 saturated heterocycles. The fourth-order valence-electron chi connectivity index (χ4n) is 2.07. The highest BCUT2D eigenvalue weighted by atomic mass is 16.5. The molecule has 5 heteroatoms. The van der Waals surface area contributed by atoms with Crippen LogP contribution in [0, 0.1) is 0 Å². The maximum absolute atomic E-state index is 12.4. The highest BCUT2D eigenvalue weighted by Crippen LogP contribution is 2.21. The molecule has 0 unspecified atom stereocenters. The summed E-state index contributed by atoms with van der Waals surface area (Å²) in [6.07, 6.45) is 0. The molecule has 22 heavy (non-hydrogen) atoms. The number of carbonyl (C=O) groups is 2. The predicted octanol–water partition coefficient (Wildman–Crippen LogP) is 2.70. The highest BCUT2D eigenvalue weighted by molar-refractivity contribution is 6.10. The normalized spacial score (nSPS) is 9.91. The molecule has 2 aromatic carbocycles. The van der Waals surface area contributed by atoms with Crippen molar-refractivity contribution in [1.29, 1.82) is 0 Å². The Morgan fingerprint density at radius 2 is 1.59 bits per heavy atom. The Kier molecular flexibility index (Phi) is 5.14. The van der Waals surface area contributed by atoms with Gasteiger partial charge < -0.3 is 15.4 Å². The van der Waals surface area contributed by atoms with Crippen LogP contribution >= 0.6 is 0 Å². The van der Waals surface area contributed by atoms with E-state index in [1.165, 1.54) is 7.11 Å². The number of benzene rings is 2. The van der Waals surface area contributed by atoms with E-state index in [0.717, 1.165) is 0 Å². The fourth-order valence-corrected chi connectivity index (χ4v) is 2.07. The van der Waals surface area contributed by atoms with Crippen LogP contribution in [-0.4, -0.2) is 25.5 Å². The van der Waals surface area contributed by atoms with Gasteiger partial charge >= 0.3 is 0 Å². The first kappa shape index (κ1) is 15.6. The molecule has 2 amide bonds. The Balaban J connectivity index is 2.27. The Hall–Kier alpha value is -2.82. The van der Waals surface area contributed by atoms with Crippen LogP contribution in [0.3, 0.4) is 0 Å². The number of amides is 2. The molecule has 0 atom stereocenters. The first-order chi connectivity index (χ1) is 10.7. The van der Waals surface area contributed by atoms with E-state index in [2.05, 4.69) is 10.6 Å². The number of hydrogen-bond donors (Lipinski definition) is 2. The van der Waals surface area contributed by atoms with Crippen LogP contribution in [0.4, 0.5) is 5.69 Å². The molecule has 0 saturated carbocycles. The topological polar surface area (TPSA) is 67.4 Å². The number of ether oxygens (including phenoxy) is 1. The summed E-state index contributed by atoms with van der Waals surface area (Å²) >= 11 is 0. The van der Waals surface area contributed by atoms with Crippen LogP contribution < -0.4 is 15.4 Å². The second kappa shape index (κ2) is 7.26. The van der Waals surface area contributed by atoms with Crippen molar-refractivity contribution in [2.45, 2.75) is 6.92 Å². The van der Waals surface area contributed by atoms with Crippen molar-refractivity contribution in [3.8, 4) is 5.75 Å². The van der Waals surface area contributed by atoms with E-state index in [4.69, 9.17) is 4.74 Å². The lowest BCUT2D eigenvalue weighted by Gasteiger charge is -2.12. The van der Waals surface area contributed by atoms with Gasteiger partial charge in [0.25, 0.3) is 11.8 Å². The monoisotopic (exact) mass is 298 g/mol. The summed E-state index contributed by atoms with van der Waals surface area (Å²) in [5.74, 6) is -0.0666. The summed E-state index contributed by atoms with van der Waals surface area (Å²) in [6, 6.07) is 13.8. The van der Waals surface area contributed by atoms with Gasteiger partial charge in [0.15, 0.2) is 0 Å². The van der Waals surface area contributed by atoms with Gasteiger partial charge in [-0.2, -0.15) is 0 Å². The molecule has 114 valence electrons. The van der Waals surface area contributed by atoms with Crippen LogP contribution in [0.2, 0.25) is 0 Å². The lowest BCUT2D eigenvalue weighted by atomic mass is 10.1. The van der Waals surface area contributed by atoms with Gasteiger partial charge in [0.1, 0.15) is 5.75 Å². The largest absolute Gasteiger partial charge is 0.496 e. The van der Waals surface area contributed by atoms with Gasteiger partial charge in [-0.15, -0.1) is 0 Å². The van der Waals surface area contributed by atoms with Crippen LogP contribution in [0.25, 0.3) is 0 Å². The van der Waals surface area contributed by atoms with E-state index >= 15 is 0 Å². The number of para-hydroxylation sites is 2. The minimum Gasteiger partial charge on any atom is -0.496 e. The first-order valence-electron chi connectivity index (χ1n) is 6.99. The summed E-state index contributed by atoms with van der Waals surface area (Å²) in [4.78, 5) is 24.4. The van der Waals surface area contributed by atoms with Gasteiger partial charge in [-0.1, -0.05) is 24.3 Å². The third kappa shape index (κ3) is 3.44. The zero-order chi connectivity index (χ0) is 15.9. The smallest absolute Gasteiger partial charge is 0.259 e. The van der Waals surface area contributed by atoms with E-state index in [-0.39, 0.29) is 11.8 Å². The molecule has 0 aliphatic heterocycles. The third-order valence-electron chi connectivity index (χ3n) is 3.11. The molecule has 0 aliphatic carbocycles. The number of anilines is 1. The number of carbonyl (C=O) groups excluding carboxylic acids is 2. The molecule has 0 bridgehead atoms. The maximum Gasteiger partial charge on any atom is 0.259 e. The van der Waals surface area contributed by atoms with Gasteiger partial charge in [-0.25, -0.2) is 0 Å². The molecule has 0 spiro atoms. The molecule has 2 aromatic rings. The molecule has 5 nitrogen and oxygen atoms in total. The number of nitrogens with one attached hydrogen (secondary N) is 2. The zero-order valence-corrected chi connectivity index (χ0v) is 12.6. The first-order valence-corrected chi connectivity index (χ1v) is 6.99. The van der Waals surface area contributed by atoms with Gasteiger partial charge in [0.05, 0.1) is 23.9 Å². The molecule has 0 radical (unpaired) electrons. The van der Waals surface area contributed by atoms with Gasteiger partial charge in [0, 0.05) is 6.54 Å². The molecule has 2 N–H and O–H groups in total. The predicted molar refractivity (Wildman–Crippen MR) is 85.4 cm³/mol. The number of methoxy groups -OCH3 is 1. The summed E-state index contributed by atoms with van der Waals surface area (Å²) < 4.78 is 5.18. The summed E-state index contributed by atoms with van der Waals surface area (Å²) in [5.41, 5.74) is 1.30. The summed E-state index contributed by atoms with van der Waals surface area (Å²) in [7, 11) is 1.51. The van der Waals surface area contributed by atoms with Crippen LogP contribution in [0.15, 0.2) is 48.5 Å². The Morgan fingerprint density at radius 1 is 0.955 bits per heavy atom. The quantitative estimate of drug-likeness (QED) is 0.892. The fraction of sp³-hybridized carbons (Fsp3) is 0.176. The SMILES string of the molecule is CCNC(=O)c1ccccc1NC(=O)c1ccccc1OC. The van der Waals surface area contributed by atoms with E-state index in [1.807, 2.05) is 6.92 Å². The highest BCUT2D eigenvalue weighted by Gasteiger charge is 2.15. The van der Waals surface area contributed by atoms with E-state index in [0.29, 0.717) is 29.1 Å². The number of rotatable bonds is 5. The van der Waals surface area contributed by atoms with Crippen molar-refractivity contribution in [3.63, 3.8) is 0 Å². The van der Waals surface area contributed by atoms with Crippen LogP contribution in [0.1, 0.15) is 27.6 Å². The van der Waals surface area contributed by atoms with E-state index < -0.39 is 0 Å². The lowest BCUT2D eigenvalue weighted by molar-refractivity contribution is 0.0956. The minimum absolute atomic E-state index is 0.224. The number of hydrogen-bond acceptors (Lipinski definition) is 3. The molecule has 2 rings (SSSR count). The van der Waals surface area contributed by atoms with Crippen molar-refractivity contribution in [1.82, 2.24) is 5.32 Å². The van der Waals surface area contributed by atoms with Crippen LogP contribution in [-0.2, 0) is 0 Å². The Labute approximate surface area is 129 Å². The lowest BCUT2D eigenvalue weighted by Crippen LogP contribution is -2.24. The molecule has 0 aromatic heterocycles. The summed E-state index contributed by atoms with van der Waals surface area (Å²) in [6.45, 7) is 2.36. The summed E-state index contributed by atoms with van der Waals surface area (Å²) in [5, 5.41) is 5.48. The Bertz CT molecular complexity index is 683. The Morgan fingerprint density at radius 3 is 2.27 bits per heavy atom. The van der Waals surface area contributed by atoms with Crippen molar-refractivity contribution in [3.05, 3.63) is 59.7 Å². The van der Waals surface area contributed by atoms with Crippen molar-refractivity contribution in [2.75, 3.05) is 19.0 Å². The van der Waals surface area contributed by atoms with Gasteiger partial charge in [-0.05, 0) is 31.2 Å². The van der Waals surface area contributed by atoms with E-state index in [9.17, 15) is 9.59 Å². The molecular formula is C17H18N2O3. The second-order valence-electron chi connectivity index (χ2n) is 4.56. The standard InChI is InChI=1S/C17H18N2O3/c1-3-18-16(20)12-8-4-6-10-14(12)19-17(21)13-9-5-7-11-15(13)22-2/h4-11H,3H2,1-2H3,(H,18,20)(H,19,21). The zero-order valence-electron chi connectivity index (χ0n) is 12.6. The molecular weight excluding hydrogens is 280 g/mol. The minimum atomic E-state index is -0.325. The molecule has 0 aliphatic rings. The molecule has 0 fully saturated rings. The molecule has 0 heterocycles. The van der Waals surface area contributed by atoms with Gasteiger partial charge in [-0.3, -0.25) is 9.59 Å². The van der Waals surface area contributed by atoms with Crippen molar-refractivity contribution >= 4 is 17.5 Å². The van der Waals surface area contributed by atoms with E-state index in [1.54, 1.807) is 48.5 Å².